The van der Waals surface area contributed by atoms with E-state index in [0.29, 0.717) is 6.54 Å². The summed E-state index contributed by atoms with van der Waals surface area (Å²) >= 11 is 3.49. The van der Waals surface area contributed by atoms with Crippen molar-refractivity contribution in [2.24, 2.45) is 0 Å². The average molecular weight is 350 g/mol. The monoisotopic (exact) mass is 349 g/mol. The van der Waals surface area contributed by atoms with Gasteiger partial charge in [0, 0.05) is 22.1 Å². The summed E-state index contributed by atoms with van der Waals surface area (Å²) < 4.78 is 20.1. The number of fused-ring (bicyclic) bond motifs is 1. The molecule has 3 rings (SSSR count). The van der Waals surface area contributed by atoms with Crippen molar-refractivity contribution in [3.63, 3.8) is 0 Å². The van der Waals surface area contributed by atoms with Gasteiger partial charge in [0.05, 0.1) is 6.54 Å². The van der Waals surface area contributed by atoms with Crippen LogP contribution in [0.1, 0.15) is 18.1 Å². The number of hydrogen-bond acceptors (Lipinski definition) is 2. The molecule has 0 bridgehead atoms. The van der Waals surface area contributed by atoms with Gasteiger partial charge in [0.1, 0.15) is 17.7 Å². The van der Waals surface area contributed by atoms with Crippen molar-refractivity contribution in [3.8, 4) is 5.75 Å². The Kier molecular flexibility index (Phi) is 4.15. The van der Waals surface area contributed by atoms with E-state index in [0.717, 1.165) is 34.3 Å². The quantitative estimate of drug-likeness (QED) is 0.873. The second-order valence-corrected chi connectivity index (χ2v) is 6.15. The Morgan fingerprint density at radius 1 is 1.29 bits per heavy atom. The van der Waals surface area contributed by atoms with Gasteiger partial charge in [-0.2, -0.15) is 0 Å². The first-order valence-electron chi connectivity index (χ1n) is 7.13. The molecule has 1 atom stereocenters. The molecular weight excluding hydrogens is 333 g/mol. The molecule has 1 heterocycles. The van der Waals surface area contributed by atoms with E-state index in [-0.39, 0.29) is 11.9 Å². The normalized spacial score (nSPS) is 16.4. The number of halogens is 2. The van der Waals surface area contributed by atoms with E-state index in [1.54, 1.807) is 12.1 Å². The molecule has 0 spiro atoms. The highest BCUT2D eigenvalue weighted by Gasteiger charge is 2.23. The molecule has 1 aliphatic heterocycles. The smallest absolute Gasteiger partial charge is 0.123 e. The molecule has 1 unspecified atom stereocenters. The second-order valence-electron chi connectivity index (χ2n) is 5.23. The van der Waals surface area contributed by atoms with Crippen molar-refractivity contribution in [3.05, 3.63) is 57.8 Å². The molecule has 2 aromatic carbocycles. The lowest BCUT2D eigenvalue weighted by atomic mass is 10.1. The van der Waals surface area contributed by atoms with Gasteiger partial charge in [-0.05, 0) is 48.4 Å². The van der Waals surface area contributed by atoms with Gasteiger partial charge in [0.25, 0.3) is 0 Å². The first-order chi connectivity index (χ1) is 10.2. The van der Waals surface area contributed by atoms with Gasteiger partial charge in [-0.25, -0.2) is 4.39 Å². The maximum atomic E-state index is 13.2. The van der Waals surface area contributed by atoms with E-state index in [1.807, 2.05) is 6.07 Å². The third kappa shape index (κ3) is 3.21. The molecule has 2 aromatic rings. The van der Waals surface area contributed by atoms with E-state index in [2.05, 4.69) is 40.3 Å². The molecule has 110 valence electrons. The first kappa shape index (κ1) is 14.4. The molecular formula is C17H17BrFNO. The van der Waals surface area contributed by atoms with Gasteiger partial charge in [-0.1, -0.05) is 22.9 Å². The van der Waals surface area contributed by atoms with Crippen LogP contribution in [0.4, 0.5) is 10.1 Å². The summed E-state index contributed by atoms with van der Waals surface area (Å²) in [6.45, 7) is 2.85. The zero-order chi connectivity index (χ0) is 14.8. The highest BCUT2D eigenvalue weighted by molar-refractivity contribution is 9.10. The lowest BCUT2D eigenvalue weighted by Crippen LogP contribution is -2.24. The summed E-state index contributed by atoms with van der Waals surface area (Å²) in [7, 11) is 0. The lowest BCUT2D eigenvalue weighted by Gasteiger charge is -2.15. The van der Waals surface area contributed by atoms with Crippen LogP contribution in [0.3, 0.4) is 0 Å². The summed E-state index contributed by atoms with van der Waals surface area (Å²) in [6, 6.07) is 10.9. The Hall–Kier alpha value is -1.55. The van der Waals surface area contributed by atoms with Crippen LogP contribution in [0, 0.1) is 5.82 Å². The van der Waals surface area contributed by atoms with Crippen LogP contribution >= 0.6 is 15.9 Å². The fraction of sp³-hybridized carbons (Fsp3) is 0.294. The Balaban J connectivity index is 1.65. The van der Waals surface area contributed by atoms with E-state index >= 15 is 0 Å². The molecule has 4 heteroatoms. The molecule has 1 N–H and O–H groups in total. The van der Waals surface area contributed by atoms with Crippen molar-refractivity contribution < 1.29 is 9.13 Å². The highest BCUT2D eigenvalue weighted by atomic mass is 79.9. The maximum Gasteiger partial charge on any atom is 0.123 e. The van der Waals surface area contributed by atoms with E-state index < -0.39 is 0 Å². The molecule has 21 heavy (non-hydrogen) atoms. The van der Waals surface area contributed by atoms with E-state index in [4.69, 9.17) is 4.74 Å². The molecule has 0 fully saturated rings. The number of aryl methyl sites for hydroxylation is 1. The minimum absolute atomic E-state index is 0.0511. The third-order valence-corrected chi connectivity index (χ3v) is 4.23. The van der Waals surface area contributed by atoms with Crippen molar-refractivity contribution in [1.82, 2.24) is 0 Å². The van der Waals surface area contributed by atoms with Crippen molar-refractivity contribution in [2.45, 2.75) is 25.9 Å². The van der Waals surface area contributed by atoms with Gasteiger partial charge in [-0.15, -0.1) is 0 Å². The predicted octanol–water partition coefficient (Wildman–Crippen LogP) is 4.57. The number of benzene rings is 2. The molecule has 0 saturated carbocycles. The molecule has 0 radical (unpaired) electrons. The number of rotatable bonds is 4. The van der Waals surface area contributed by atoms with Crippen LogP contribution in [0.15, 0.2) is 40.9 Å². The largest absolute Gasteiger partial charge is 0.488 e. The minimum Gasteiger partial charge on any atom is -0.488 e. The average Bonchev–Trinajstić information content (AvgIpc) is 2.87. The Labute approximate surface area is 132 Å². The molecule has 1 aliphatic rings. The van der Waals surface area contributed by atoms with Crippen molar-refractivity contribution >= 4 is 21.6 Å². The van der Waals surface area contributed by atoms with Gasteiger partial charge >= 0.3 is 0 Å². The zero-order valence-corrected chi connectivity index (χ0v) is 13.4. The van der Waals surface area contributed by atoms with Crippen LogP contribution in [0.2, 0.25) is 0 Å². The van der Waals surface area contributed by atoms with Gasteiger partial charge < -0.3 is 10.1 Å². The zero-order valence-electron chi connectivity index (χ0n) is 11.8. The maximum absolute atomic E-state index is 13.2. The molecule has 0 aliphatic carbocycles. The fourth-order valence-corrected chi connectivity index (χ4v) is 3.06. The lowest BCUT2D eigenvalue weighted by molar-refractivity contribution is 0.246. The van der Waals surface area contributed by atoms with Crippen LogP contribution in [-0.4, -0.2) is 12.6 Å². The number of ether oxygens (including phenoxy) is 1. The SMILES string of the molecule is CCc1cc(Br)ccc1NCC1Cc2cc(F)ccc2O1. The standard InChI is InChI=1S/C17H17BrFNO/c1-2-11-7-13(18)3-5-16(11)20-10-15-9-12-8-14(19)4-6-17(12)21-15/h3-8,15,20H,2,9-10H2,1H3. The van der Waals surface area contributed by atoms with Crippen molar-refractivity contribution in [2.75, 3.05) is 11.9 Å². The summed E-state index contributed by atoms with van der Waals surface area (Å²) in [4.78, 5) is 0. The Morgan fingerprint density at radius 3 is 2.95 bits per heavy atom. The fourth-order valence-electron chi connectivity index (χ4n) is 2.65. The van der Waals surface area contributed by atoms with Crippen LogP contribution in [-0.2, 0) is 12.8 Å². The third-order valence-electron chi connectivity index (χ3n) is 3.73. The molecule has 0 saturated heterocycles. The second kappa shape index (κ2) is 6.06. The highest BCUT2D eigenvalue weighted by Crippen LogP contribution is 2.30. The first-order valence-corrected chi connectivity index (χ1v) is 7.92. The molecule has 0 aromatic heterocycles. The summed E-state index contributed by atoms with van der Waals surface area (Å²) in [5, 5.41) is 3.44. The van der Waals surface area contributed by atoms with Crippen molar-refractivity contribution in [1.29, 1.82) is 0 Å². The van der Waals surface area contributed by atoms with Crippen LogP contribution < -0.4 is 10.1 Å². The van der Waals surface area contributed by atoms with Crippen LogP contribution in [0.5, 0.6) is 5.75 Å². The summed E-state index contributed by atoms with van der Waals surface area (Å²) in [5.41, 5.74) is 3.35. The summed E-state index contributed by atoms with van der Waals surface area (Å²) in [6.07, 6.45) is 1.77. The van der Waals surface area contributed by atoms with Gasteiger partial charge in [0.2, 0.25) is 0 Å². The number of hydrogen-bond donors (Lipinski definition) is 1. The summed E-state index contributed by atoms with van der Waals surface area (Å²) in [5.74, 6) is 0.599. The van der Waals surface area contributed by atoms with E-state index in [1.165, 1.54) is 11.6 Å². The number of anilines is 1. The minimum atomic E-state index is -0.202. The topological polar surface area (TPSA) is 21.3 Å². The predicted molar refractivity (Wildman–Crippen MR) is 86.5 cm³/mol. The Bertz CT molecular complexity index is 659. The van der Waals surface area contributed by atoms with E-state index in [9.17, 15) is 4.39 Å². The van der Waals surface area contributed by atoms with Gasteiger partial charge in [0.15, 0.2) is 0 Å². The molecule has 0 amide bonds. The Morgan fingerprint density at radius 2 is 2.14 bits per heavy atom. The van der Waals surface area contributed by atoms with Gasteiger partial charge in [-0.3, -0.25) is 0 Å². The molecule has 2 nitrogen and oxygen atoms in total. The number of nitrogens with one attached hydrogen (secondary N) is 1. The van der Waals surface area contributed by atoms with Crippen LogP contribution in [0.25, 0.3) is 0 Å².